The Hall–Kier alpha value is -0.340. The van der Waals surface area contributed by atoms with Crippen molar-refractivity contribution in [3.05, 3.63) is 29.7 Å². The topological polar surface area (TPSA) is 25.8 Å². The first-order valence-corrected chi connectivity index (χ1v) is 5.25. The molecule has 0 N–H and O–H groups in total. The summed E-state index contributed by atoms with van der Waals surface area (Å²) in [5.74, 6) is 0.405. The van der Waals surface area contributed by atoms with Crippen LogP contribution in [-0.4, -0.2) is 9.97 Å². The Morgan fingerprint density at radius 2 is 2.14 bits per heavy atom. The summed E-state index contributed by atoms with van der Waals surface area (Å²) < 4.78 is 0. The number of aromatic nitrogens is 2. The monoisotopic (exact) mass is 231 g/mol. The Kier molecular flexibility index (Phi) is 3.73. The number of alkyl halides is 1. The zero-order valence-corrected chi connectivity index (χ0v) is 9.86. The number of rotatable bonds is 3. The van der Waals surface area contributed by atoms with Crippen LogP contribution in [0.25, 0.3) is 0 Å². The molecule has 0 bridgehead atoms. The van der Waals surface area contributed by atoms with Gasteiger partial charge in [-0.3, -0.25) is 0 Å². The van der Waals surface area contributed by atoms with Gasteiger partial charge in [-0.25, -0.2) is 9.97 Å². The number of hydrogen-bond donors (Lipinski definition) is 0. The van der Waals surface area contributed by atoms with Gasteiger partial charge in [0.2, 0.25) is 5.28 Å². The second-order valence-electron chi connectivity index (χ2n) is 4.09. The molecule has 0 fully saturated rings. The van der Waals surface area contributed by atoms with Crippen molar-refractivity contribution in [3.8, 4) is 0 Å². The fourth-order valence-electron chi connectivity index (χ4n) is 1.14. The Balaban J connectivity index is 2.99. The summed E-state index contributed by atoms with van der Waals surface area (Å²) in [5, 5.41) is 0.262. The third-order valence-electron chi connectivity index (χ3n) is 1.71. The third-order valence-corrected chi connectivity index (χ3v) is 2.18. The molecule has 0 unspecified atom stereocenters. The van der Waals surface area contributed by atoms with E-state index in [1.54, 1.807) is 6.20 Å². The molecule has 0 atom stereocenters. The van der Waals surface area contributed by atoms with Crippen LogP contribution in [0.4, 0.5) is 0 Å². The summed E-state index contributed by atoms with van der Waals surface area (Å²) in [7, 11) is 0. The lowest BCUT2D eigenvalue weighted by Crippen LogP contribution is -2.13. The van der Waals surface area contributed by atoms with Crippen LogP contribution < -0.4 is 0 Å². The summed E-state index contributed by atoms with van der Waals surface area (Å²) in [5.41, 5.74) is 1.74. The molecule has 0 aromatic carbocycles. The van der Waals surface area contributed by atoms with E-state index in [1.165, 1.54) is 0 Å². The van der Waals surface area contributed by atoms with Gasteiger partial charge in [-0.05, 0) is 30.4 Å². The first kappa shape index (κ1) is 11.7. The van der Waals surface area contributed by atoms with Gasteiger partial charge in [-0.1, -0.05) is 13.8 Å². The van der Waals surface area contributed by atoms with Crippen molar-refractivity contribution in [2.45, 2.75) is 26.1 Å². The Labute approximate surface area is 94.7 Å². The van der Waals surface area contributed by atoms with Gasteiger partial charge in [0.05, 0.1) is 11.6 Å². The third kappa shape index (κ3) is 3.43. The molecule has 0 spiro atoms. The standard InChI is InChI=1S/C10H13Cl2N2/c1-10(2,3)4-8-7(5-11)6-13-9(12)14-8/h6H,1,4-5H2,2-3H3. The van der Waals surface area contributed by atoms with Crippen molar-refractivity contribution in [1.29, 1.82) is 0 Å². The van der Waals surface area contributed by atoms with Gasteiger partial charge in [0.25, 0.3) is 0 Å². The Bertz CT molecular complexity index is 318. The highest BCUT2D eigenvalue weighted by molar-refractivity contribution is 6.28. The summed E-state index contributed by atoms with van der Waals surface area (Å²) >= 11 is 11.5. The van der Waals surface area contributed by atoms with E-state index in [2.05, 4.69) is 16.9 Å². The van der Waals surface area contributed by atoms with Crippen LogP contribution in [0.2, 0.25) is 5.28 Å². The van der Waals surface area contributed by atoms with Crippen molar-refractivity contribution < 1.29 is 0 Å². The predicted molar refractivity (Wildman–Crippen MR) is 59.4 cm³/mol. The van der Waals surface area contributed by atoms with E-state index in [1.807, 2.05) is 13.8 Å². The highest BCUT2D eigenvalue weighted by atomic mass is 35.5. The van der Waals surface area contributed by atoms with Crippen LogP contribution in [0, 0.1) is 12.3 Å². The molecule has 2 nitrogen and oxygen atoms in total. The fraction of sp³-hybridized carbons (Fsp3) is 0.500. The van der Waals surface area contributed by atoms with Gasteiger partial charge >= 0.3 is 0 Å². The molecule has 0 aliphatic heterocycles. The van der Waals surface area contributed by atoms with Gasteiger partial charge in [0, 0.05) is 11.8 Å². The van der Waals surface area contributed by atoms with Crippen molar-refractivity contribution >= 4 is 23.2 Å². The zero-order chi connectivity index (χ0) is 10.8. The molecule has 0 aliphatic rings. The van der Waals surface area contributed by atoms with Crippen LogP contribution in [0.3, 0.4) is 0 Å². The van der Waals surface area contributed by atoms with Crippen molar-refractivity contribution in [2.75, 3.05) is 0 Å². The molecule has 1 radical (unpaired) electrons. The molecule has 77 valence electrons. The van der Waals surface area contributed by atoms with Crippen LogP contribution >= 0.6 is 23.2 Å². The number of hydrogen-bond acceptors (Lipinski definition) is 2. The molecule has 1 rings (SSSR count). The van der Waals surface area contributed by atoms with Gasteiger partial charge in [0.15, 0.2) is 0 Å². The fourth-order valence-corrected chi connectivity index (χ4v) is 1.51. The SMILES string of the molecule is [CH2]C(C)(C)Cc1nc(Cl)ncc1CCl. The predicted octanol–water partition coefficient (Wildman–Crippen LogP) is 3.27. The lowest BCUT2D eigenvalue weighted by atomic mass is 9.89. The maximum atomic E-state index is 5.77. The number of nitrogens with zero attached hydrogens (tertiary/aromatic N) is 2. The molecule has 4 heteroatoms. The summed E-state index contributed by atoms with van der Waals surface area (Å²) in [6.45, 7) is 8.11. The Morgan fingerprint density at radius 3 is 2.64 bits per heavy atom. The van der Waals surface area contributed by atoms with Crippen molar-refractivity contribution in [3.63, 3.8) is 0 Å². The molecule has 0 saturated carbocycles. The minimum absolute atomic E-state index is 0.0709. The van der Waals surface area contributed by atoms with Crippen LogP contribution in [0.15, 0.2) is 6.20 Å². The molecule has 1 aromatic heterocycles. The molecular weight excluding hydrogens is 219 g/mol. The van der Waals surface area contributed by atoms with E-state index in [9.17, 15) is 0 Å². The second kappa shape index (κ2) is 4.45. The first-order chi connectivity index (χ1) is 6.42. The van der Waals surface area contributed by atoms with Gasteiger partial charge in [0.1, 0.15) is 0 Å². The smallest absolute Gasteiger partial charge is 0.222 e. The molecular formula is C10H13Cl2N2. The normalized spacial score (nSPS) is 11.8. The molecule has 0 aliphatic carbocycles. The highest BCUT2D eigenvalue weighted by Gasteiger charge is 2.15. The molecule has 0 amide bonds. The van der Waals surface area contributed by atoms with E-state index in [0.29, 0.717) is 5.88 Å². The van der Waals surface area contributed by atoms with Crippen LogP contribution in [0.1, 0.15) is 25.1 Å². The minimum Gasteiger partial charge on any atom is -0.226 e. The van der Waals surface area contributed by atoms with Crippen LogP contribution in [0.5, 0.6) is 0 Å². The first-order valence-electron chi connectivity index (χ1n) is 4.34. The lowest BCUT2D eigenvalue weighted by molar-refractivity contribution is 0.464. The molecule has 14 heavy (non-hydrogen) atoms. The van der Waals surface area contributed by atoms with E-state index >= 15 is 0 Å². The average molecular weight is 232 g/mol. The lowest BCUT2D eigenvalue weighted by Gasteiger charge is -2.18. The summed E-state index contributed by atoms with van der Waals surface area (Å²) in [6, 6.07) is 0. The maximum Gasteiger partial charge on any atom is 0.222 e. The van der Waals surface area contributed by atoms with Gasteiger partial charge in [-0.2, -0.15) is 0 Å². The van der Waals surface area contributed by atoms with E-state index in [-0.39, 0.29) is 10.7 Å². The van der Waals surface area contributed by atoms with Gasteiger partial charge < -0.3 is 0 Å². The van der Waals surface area contributed by atoms with Crippen LogP contribution in [-0.2, 0) is 12.3 Å². The second-order valence-corrected chi connectivity index (χ2v) is 4.69. The maximum absolute atomic E-state index is 5.77. The van der Waals surface area contributed by atoms with E-state index in [0.717, 1.165) is 17.7 Å². The highest BCUT2D eigenvalue weighted by Crippen LogP contribution is 2.22. The van der Waals surface area contributed by atoms with E-state index in [4.69, 9.17) is 23.2 Å². The minimum atomic E-state index is -0.0709. The Morgan fingerprint density at radius 1 is 1.50 bits per heavy atom. The summed E-state index contributed by atoms with van der Waals surface area (Å²) in [6.07, 6.45) is 2.42. The molecule has 1 heterocycles. The summed E-state index contributed by atoms with van der Waals surface area (Å²) in [4.78, 5) is 8.05. The zero-order valence-electron chi connectivity index (χ0n) is 8.35. The van der Waals surface area contributed by atoms with Crippen molar-refractivity contribution in [1.82, 2.24) is 9.97 Å². The largest absolute Gasteiger partial charge is 0.226 e. The quantitative estimate of drug-likeness (QED) is 0.590. The van der Waals surface area contributed by atoms with E-state index < -0.39 is 0 Å². The molecule has 1 aromatic rings. The number of halogens is 2. The average Bonchev–Trinajstić information content (AvgIpc) is 2.01. The molecule has 0 saturated heterocycles. The van der Waals surface area contributed by atoms with Crippen molar-refractivity contribution in [2.24, 2.45) is 5.41 Å². The van der Waals surface area contributed by atoms with Gasteiger partial charge in [-0.15, -0.1) is 11.6 Å².